The topological polar surface area (TPSA) is 26.3 Å². The fourth-order valence-electron chi connectivity index (χ4n) is 3.46. The van der Waals surface area contributed by atoms with E-state index < -0.39 is 8.32 Å². The molecule has 0 amide bonds. The lowest BCUT2D eigenvalue weighted by molar-refractivity contribution is 0.0719. The van der Waals surface area contributed by atoms with Gasteiger partial charge in [-0.1, -0.05) is 87.5 Å². The molecular weight excluding hydrogens is 463 g/mol. The molecule has 0 spiro atoms. The van der Waals surface area contributed by atoms with Gasteiger partial charge in [0.05, 0.1) is 5.56 Å². The van der Waals surface area contributed by atoms with Crippen molar-refractivity contribution in [3.63, 3.8) is 0 Å². The predicted octanol–water partition coefficient (Wildman–Crippen LogP) is 5.01. The molecule has 0 saturated heterocycles. The average molecular weight is 486 g/mol. The minimum Gasteiger partial charge on any atom is -0.506 e. The first-order chi connectivity index (χ1) is 12.8. The van der Waals surface area contributed by atoms with Crippen molar-refractivity contribution in [2.45, 2.75) is 25.8 Å². The highest BCUT2D eigenvalue weighted by molar-refractivity contribution is 14.1. The monoisotopic (exact) mass is 486 g/mol. The normalized spacial score (nSPS) is 11.9. The van der Waals surface area contributed by atoms with Crippen molar-refractivity contribution in [2.24, 2.45) is 0 Å². The van der Waals surface area contributed by atoms with Gasteiger partial charge in [0.2, 0.25) is 0 Å². The number of halogens is 1. The van der Waals surface area contributed by atoms with Gasteiger partial charge in [0.25, 0.3) is 0 Å². The van der Waals surface area contributed by atoms with Crippen LogP contribution >= 0.6 is 22.6 Å². The fourth-order valence-corrected chi connectivity index (χ4v) is 8.33. The Morgan fingerprint density at radius 2 is 1.33 bits per heavy atom. The van der Waals surface area contributed by atoms with Crippen LogP contribution in [0.3, 0.4) is 0 Å². The summed E-state index contributed by atoms with van der Waals surface area (Å²) < 4.78 is 7.53. The zero-order chi connectivity index (χ0) is 19.5. The van der Waals surface area contributed by atoms with Crippen LogP contribution in [0.1, 0.15) is 31.1 Å². The third-order valence-electron chi connectivity index (χ3n) is 4.72. The van der Waals surface area contributed by atoms with E-state index in [1.165, 1.54) is 0 Å². The molecule has 0 aliphatic heterocycles. The number of rotatable bonds is 4. The smallest absolute Gasteiger partial charge is 0.325 e. The number of benzene rings is 3. The second-order valence-corrected chi connectivity index (χ2v) is 13.0. The van der Waals surface area contributed by atoms with E-state index in [1.807, 2.05) is 60.7 Å². The fraction of sp³-hybridized carbons (Fsp3) is 0.174. The summed E-state index contributed by atoms with van der Waals surface area (Å²) in [6.07, 6.45) is 0. The van der Waals surface area contributed by atoms with Crippen molar-refractivity contribution in [1.29, 1.82) is 0 Å². The summed E-state index contributed by atoms with van der Waals surface area (Å²) in [4.78, 5) is 13.2. The average Bonchev–Trinajstić information content (AvgIpc) is 2.66. The molecule has 27 heavy (non-hydrogen) atoms. The molecule has 3 rings (SSSR count). The van der Waals surface area contributed by atoms with Crippen molar-refractivity contribution in [2.75, 3.05) is 0 Å². The van der Waals surface area contributed by atoms with E-state index >= 15 is 0 Å². The predicted molar refractivity (Wildman–Crippen MR) is 122 cm³/mol. The molecule has 0 aromatic heterocycles. The summed E-state index contributed by atoms with van der Waals surface area (Å²) in [5.74, 6) is -0.261. The van der Waals surface area contributed by atoms with Crippen LogP contribution in [0.15, 0.2) is 84.9 Å². The Balaban J connectivity index is 2.19. The molecule has 0 N–H and O–H groups in total. The van der Waals surface area contributed by atoms with E-state index in [4.69, 9.17) is 4.43 Å². The summed E-state index contributed by atoms with van der Waals surface area (Å²) in [7, 11) is -2.86. The summed E-state index contributed by atoms with van der Waals surface area (Å²) in [6.45, 7) is 6.50. The van der Waals surface area contributed by atoms with Gasteiger partial charge in [0, 0.05) is 3.57 Å². The third kappa shape index (κ3) is 4.01. The molecule has 0 atom stereocenters. The van der Waals surface area contributed by atoms with Crippen molar-refractivity contribution in [1.82, 2.24) is 0 Å². The maximum atomic E-state index is 13.2. The number of carbonyl (C=O) groups is 1. The van der Waals surface area contributed by atoms with Crippen molar-refractivity contribution < 1.29 is 9.22 Å². The van der Waals surface area contributed by atoms with Gasteiger partial charge in [-0.3, -0.25) is 0 Å². The Hall–Kier alpha value is -1.92. The van der Waals surface area contributed by atoms with Crippen LogP contribution in [0.4, 0.5) is 0 Å². The molecule has 0 radical (unpaired) electrons. The Morgan fingerprint density at radius 3 is 1.78 bits per heavy atom. The van der Waals surface area contributed by atoms with Crippen LogP contribution in [-0.4, -0.2) is 14.3 Å². The Labute approximate surface area is 175 Å². The van der Waals surface area contributed by atoms with Crippen molar-refractivity contribution in [3.05, 3.63) is 94.1 Å². The quantitative estimate of drug-likeness (QED) is 0.383. The molecule has 0 unspecified atom stereocenters. The first-order valence-electron chi connectivity index (χ1n) is 8.94. The summed E-state index contributed by atoms with van der Waals surface area (Å²) in [5.41, 5.74) is 0.592. The minimum absolute atomic E-state index is 0.229. The van der Waals surface area contributed by atoms with Crippen LogP contribution in [0.25, 0.3) is 0 Å². The van der Waals surface area contributed by atoms with E-state index in [9.17, 15) is 4.79 Å². The maximum Gasteiger partial charge on any atom is 0.325 e. The lowest BCUT2D eigenvalue weighted by atomic mass is 10.2. The lowest BCUT2D eigenvalue weighted by Gasteiger charge is -2.42. The molecule has 0 fully saturated rings. The summed E-state index contributed by atoms with van der Waals surface area (Å²) >= 11 is 2.22. The summed E-state index contributed by atoms with van der Waals surface area (Å²) in [5, 5.41) is 1.97. The SMILES string of the molecule is CC(C)(C)[Si](OC(=O)c1cccc(I)c1)(c1ccccc1)c1ccccc1. The molecule has 0 aliphatic carbocycles. The van der Waals surface area contributed by atoms with E-state index in [2.05, 4.69) is 67.6 Å². The highest BCUT2D eigenvalue weighted by Crippen LogP contribution is 2.37. The van der Waals surface area contributed by atoms with Crippen LogP contribution in [0.2, 0.25) is 5.04 Å². The van der Waals surface area contributed by atoms with Crippen LogP contribution in [0.5, 0.6) is 0 Å². The number of hydrogen-bond acceptors (Lipinski definition) is 2. The molecule has 2 nitrogen and oxygen atoms in total. The van der Waals surface area contributed by atoms with Gasteiger partial charge in [-0.25, -0.2) is 4.79 Å². The van der Waals surface area contributed by atoms with Gasteiger partial charge in [-0.05, 0) is 56.2 Å². The van der Waals surface area contributed by atoms with Gasteiger partial charge in [0.1, 0.15) is 0 Å². The summed E-state index contributed by atoms with van der Waals surface area (Å²) in [6, 6.07) is 28.0. The largest absolute Gasteiger partial charge is 0.506 e. The standard InChI is InChI=1S/C23H23IO2Si/c1-23(2,3)27(20-13-6-4-7-14-20,21-15-8-5-9-16-21)26-22(25)18-11-10-12-19(24)17-18/h4-17H,1-3H3. The molecule has 0 aliphatic rings. The van der Waals surface area contributed by atoms with Gasteiger partial charge in [-0.15, -0.1) is 0 Å². The Kier molecular flexibility index (Phi) is 5.86. The van der Waals surface area contributed by atoms with E-state index in [-0.39, 0.29) is 11.0 Å². The number of carbonyl (C=O) groups excluding carboxylic acids is 1. The first-order valence-corrected chi connectivity index (χ1v) is 11.9. The Morgan fingerprint density at radius 1 is 0.815 bits per heavy atom. The molecule has 0 saturated carbocycles. The minimum atomic E-state index is -2.86. The maximum absolute atomic E-state index is 13.2. The first kappa shape index (κ1) is 19.8. The zero-order valence-corrected chi connectivity index (χ0v) is 18.9. The van der Waals surface area contributed by atoms with Gasteiger partial charge in [0.15, 0.2) is 0 Å². The molecule has 138 valence electrons. The Bertz CT molecular complexity index is 878. The molecule has 4 heteroatoms. The second kappa shape index (κ2) is 7.98. The molecule has 3 aromatic carbocycles. The lowest BCUT2D eigenvalue weighted by Crippen LogP contribution is -2.67. The van der Waals surface area contributed by atoms with Gasteiger partial charge < -0.3 is 4.43 Å². The molecule has 0 heterocycles. The van der Waals surface area contributed by atoms with Crippen LogP contribution in [-0.2, 0) is 4.43 Å². The molecule has 0 bridgehead atoms. The number of hydrogen-bond donors (Lipinski definition) is 0. The molecule has 3 aromatic rings. The highest BCUT2D eigenvalue weighted by atomic mass is 127. The van der Waals surface area contributed by atoms with Gasteiger partial charge >= 0.3 is 14.3 Å². The third-order valence-corrected chi connectivity index (χ3v) is 10.3. The van der Waals surface area contributed by atoms with Crippen LogP contribution < -0.4 is 10.4 Å². The van der Waals surface area contributed by atoms with Crippen molar-refractivity contribution in [3.8, 4) is 0 Å². The highest BCUT2D eigenvalue weighted by Gasteiger charge is 2.53. The van der Waals surface area contributed by atoms with Gasteiger partial charge in [-0.2, -0.15) is 0 Å². The van der Waals surface area contributed by atoms with Crippen LogP contribution in [0, 0.1) is 3.57 Å². The van der Waals surface area contributed by atoms with E-state index in [0.717, 1.165) is 13.9 Å². The second-order valence-electron chi connectivity index (χ2n) is 7.56. The zero-order valence-electron chi connectivity index (χ0n) is 15.8. The van der Waals surface area contributed by atoms with E-state index in [1.54, 1.807) is 0 Å². The molecular formula is C23H23IO2Si. The van der Waals surface area contributed by atoms with E-state index in [0.29, 0.717) is 5.56 Å². The van der Waals surface area contributed by atoms with Crippen molar-refractivity contribution >= 4 is 47.3 Å².